The molecule has 0 aliphatic rings. The highest BCUT2D eigenvalue weighted by atomic mass is 79.9. The van der Waals surface area contributed by atoms with Crippen LogP contribution in [0.1, 0.15) is 26.5 Å². The number of rotatable bonds is 4. The quantitative estimate of drug-likeness (QED) is 0.591. The van der Waals surface area contributed by atoms with Crippen molar-refractivity contribution in [3.63, 3.8) is 0 Å². The number of halogens is 2. The first-order chi connectivity index (χ1) is 10.3. The summed E-state index contributed by atoms with van der Waals surface area (Å²) in [4.78, 5) is 16.6. The van der Waals surface area contributed by atoms with E-state index in [-0.39, 0.29) is 11.3 Å². The van der Waals surface area contributed by atoms with Crippen molar-refractivity contribution in [1.82, 2.24) is 4.98 Å². The minimum absolute atomic E-state index is 0.0354. The zero-order valence-electron chi connectivity index (χ0n) is 12.4. The van der Waals surface area contributed by atoms with Crippen LogP contribution in [0.4, 0.5) is 5.69 Å². The van der Waals surface area contributed by atoms with Crippen LogP contribution in [0.5, 0.6) is 0 Å². The molecule has 0 bridgehead atoms. The van der Waals surface area contributed by atoms with E-state index >= 15 is 0 Å². The summed E-state index contributed by atoms with van der Waals surface area (Å²) in [5.41, 5.74) is 1.88. The molecular formula is C15H16Br2N2OS2. The summed E-state index contributed by atoms with van der Waals surface area (Å²) in [5.74, 6) is 0.317. The van der Waals surface area contributed by atoms with Crippen molar-refractivity contribution in [2.75, 3.05) is 11.1 Å². The molecule has 0 aliphatic heterocycles. The molecule has 1 N–H and O–H groups in total. The molecule has 1 aromatic carbocycles. The second-order valence-electron chi connectivity index (χ2n) is 5.71. The number of nitrogens with one attached hydrogen (secondary N) is 1. The molecule has 0 atom stereocenters. The van der Waals surface area contributed by atoms with Gasteiger partial charge in [0, 0.05) is 25.4 Å². The molecule has 2 aromatic rings. The average Bonchev–Trinajstić information content (AvgIpc) is 2.89. The van der Waals surface area contributed by atoms with Gasteiger partial charge in [-0.1, -0.05) is 32.5 Å². The van der Waals surface area contributed by atoms with Crippen molar-refractivity contribution < 1.29 is 4.79 Å². The molecule has 118 valence electrons. The molecule has 3 nitrogen and oxygen atoms in total. The highest BCUT2D eigenvalue weighted by Crippen LogP contribution is 2.29. The number of hydrogen-bond acceptors (Lipinski definition) is 4. The van der Waals surface area contributed by atoms with Gasteiger partial charge in [-0.05, 0) is 50.1 Å². The number of hydrogen-bond donors (Lipinski definition) is 1. The molecule has 0 fully saturated rings. The van der Waals surface area contributed by atoms with E-state index in [1.807, 2.05) is 18.2 Å². The third-order valence-corrected chi connectivity index (χ3v) is 6.68. The highest BCUT2D eigenvalue weighted by molar-refractivity contribution is 9.13. The topological polar surface area (TPSA) is 42.0 Å². The van der Waals surface area contributed by atoms with Gasteiger partial charge in [-0.2, -0.15) is 0 Å². The van der Waals surface area contributed by atoms with Crippen LogP contribution in [0, 0.1) is 0 Å². The van der Waals surface area contributed by atoms with Crippen molar-refractivity contribution in [3.05, 3.63) is 38.2 Å². The predicted molar refractivity (Wildman–Crippen MR) is 102 cm³/mol. The van der Waals surface area contributed by atoms with Crippen LogP contribution in [0.15, 0.2) is 36.9 Å². The first-order valence-electron chi connectivity index (χ1n) is 6.59. The third kappa shape index (κ3) is 5.08. The zero-order valence-corrected chi connectivity index (χ0v) is 17.2. The summed E-state index contributed by atoms with van der Waals surface area (Å²) in [6.45, 7) is 6.40. The second kappa shape index (κ2) is 7.47. The Morgan fingerprint density at radius 1 is 1.32 bits per heavy atom. The third-order valence-electron chi connectivity index (χ3n) is 2.78. The van der Waals surface area contributed by atoms with Crippen LogP contribution in [0.3, 0.4) is 0 Å². The molecule has 0 radical (unpaired) electrons. The number of amides is 1. The zero-order chi connectivity index (χ0) is 16.3. The number of thioether (sulfide) groups is 1. The minimum atomic E-state index is -0.0354. The van der Waals surface area contributed by atoms with Crippen LogP contribution in [0.25, 0.3) is 0 Å². The van der Waals surface area contributed by atoms with Crippen molar-refractivity contribution in [2.45, 2.75) is 30.5 Å². The molecule has 0 unspecified atom stereocenters. The summed E-state index contributed by atoms with van der Waals surface area (Å²) in [6, 6.07) is 5.62. The highest BCUT2D eigenvalue weighted by Gasteiger charge is 2.18. The summed E-state index contributed by atoms with van der Waals surface area (Å²) in [5, 5.41) is 4.95. The molecule has 0 aliphatic carbocycles. The number of benzene rings is 1. The van der Waals surface area contributed by atoms with Gasteiger partial charge in [0.05, 0.1) is 11.4 Å². The van der Waals surface area contributed by atoms with Crippen molar-refractivity contribution in [2.24, 2.45) is 0 Å². The van der Waals surface area contributed by atoms with Gasteiger partial charge in [-0.15, -0.1) is 11.3 Å². The standard InChI is InChI=1S/C15H16Br2N2OS2/c1-15(2,3)12-7-21-14(19-12)22-8-13(20)18-9-4-5-10(16)11(17)6-9/h4-7H,8H2,1-3H3,(H,18,20). The SMILES string of the molecule is CC(C)(C)c1csc(SCC(=O)Nc2ccc(Br)c(Br)c2)n1. The van der Waals surface area contributed by atoms with Gasteiger partial charge in [-0.3, -0.25) is 4.79 Å². The molecule has 1 amide bonds. The molecular weight excluding hydrogens is 448 g/mol. The number of carbonyl (C=O) groups excluding carboxylic acids is 1. The lowest BCUT2D eigenvalue weighted by Crippen LogP contribution is -2.14. The first kappa shape index (κ1) is 18.0. The smallest absolute Gasteiger partial charge is 0.234 e. The Morgan fingerprint density at radius 2 is 2.05 bits per heavy atom. The van der Waals surface area contributed by atoms with Crippen LogP contribution < -0.4 is 5.32 Å². The summed E-state index contributed by atoms with van der Waals surface area (Å²) in [7, 11) is 0. The van der Waals surface area contributed by atoms with E-state index in [1.54, 1.807) is 11.3 Å². The maximum absolute atomic E-state index is 12.0. The van der Waals surface area contributed by atoms with Crippen LogP contribution in [-0.2, 0) is 10.2 Å². The Balaban J connectivity index is 1.90. The molecule has 7 heteroatoms. The fourth-order valence-electron chi connectivity index (χ4n) is 1.57. The molecule has 1 aromatic heterocycles. The fraction of sp³-hybridized carbons (Fsp3) is 0.333. The molecule has 0 spiro atoms. The molecule has 0 saturated carbocycles. The first-order valence-corrected chi connectivity index (χ1v) is 10.0. The number of aromatic nitrogens is 1. The van der Waals surface area contributed by atoms with Gasteiger partial charge in [0.2, 0.25) is 5.91 Å². The Labute approximate surface area is 155 Å². The molecule has 22 heavy (non-hydrogen) atoms. The van der Waals surface area contributed by atoms with E-state index in [2.05, 4.69) is 68.3 Å². The molecule has 0 saturated heterocycles. The van der Waals surface area contributed by atoms with Gasteiger partial charge < -0.3 is 5.32 Å². The monoisotopic (exact) mass is 462 g/mol. The van der Waals surface area contributed by atoms with Crippen LogP contribution in [0.2, 0.25) is 0 Å². The van der Waals surface area contributed by atoms with Gasteiger partial charge in [0.15, 0.2) is 4.34 Å². The minimum Gasteiger partial charge on any atom is -0.325 e. The van der Waals surface area contributed by atoms with E-state index in [0.29, 0.717) is 5.75 Å². The van der Waals surface area contributed by atoms with E-state index < -0.39 is 0 Å². The number of anilines is 1. The van der Waals surface area contributed by atoms with Crippen molar-refractivity contribution in [1.29, 1.82) is 0 Å². The maximum atomic E-state index is 12.0. The second-order valence-corrected chi connectivity index (χ2v) is 9.50. The number of nitrogens with zero attached hydrogens (tertiary/aromatic N) is 1. The van der Waals surface area contributed by atoms with Crippen LogP contribution in [-0.4, -0.2) is 16.6 Å². The van der Waals surface area contributed by atoms with E-state index in [1.165, 1.54) is 11.8 Å². The summed E-state index contributed by atoms with van der Waals surface area (Å²) >= 11 is 9.88. The lowest BCUT2D eigenvalue weighted by atomic mass is 9.93. The summed E-state index contributed by atoms with van der Waals surface area (Å²) in [6.07, 6.45) is 0. The Bertz CT molecular complexity index is 680. The predicted octanol–water partition coefficient (Wildman–Crippen LogP) is 5.70. The lowest BCUT2D eigenvalue weighted by molar-refractivity contribution is -0.113. The van der Waals surface area contributed by atoms with Gasteiger partial charge in [0.1, 0.15) is 0 Å². The molecule has 1 heterocycles. The van der Waals surface area contributed by atoms with Crippen molar-refractivity contribution >= 4 is 66.6 Å². The normalized spacial score (nSPS) is 11.5. The van der Waals surface area contributed by atoms with Gasteiger partial charge in [0.25, 0.3) is 0 Å². The average molecular weight is 464 g/mol. The van der Waals surface area contributed by atoms with E-state index in [0.717, 1.165) is 24.7 Å². The van der Waals surface area contributed by atoms with E-state index in [4.69, 9.17) is 0 Å². The van der Waals surface area contributed by atoms with E-state index in [9.17, 15) is 4.79 Å². The fourth-order valence-corrected chi connectivity index (χ4v) is 4.04. The number of thiazole rings is 1. The Hall–Kier alpha value is -0.370. The van der Waals surface area contributed by atoms with Gasteiger partial charge in [-0.25, -0.2) is 4.98 Å². The molecule has 2 rings (SSSR count). The maximum Gasteiger partial charge on any atom is 0.234 e. The largest absolute Gasteiger partial charge is 0.325 e. The van der Waals surface area contributed by atoms with Gasteiger partial charge >= 0.3 is 0 Å². The Morgan fingerprint density at radius 3 is 2.64 bits per heavy atom. The Kier molecular flexibility index (Phi) is 6.10. The van der Waals surface area contributed by atoms with Crippen LogP contribution >= 0.6 is 55.0 Å². The number of carbonyl (C=O) groups is 1. The lowest BCUT2D eigenvalue weighted by Gasteiger charge is -2.14. The summed E-state index contributed by atoms with van der Waals surface area (Å²) < 4.78 is 2.79. The van der Waals surface area contributed by atoms with Crippen molar-refractivity contribution in [3.8, 4) is 0 Å².